The minimum absolute atomic E-state index is 0.102. The van der Waals surface area contributed by atoms with Gasteiger partial charge in [0.15, 0.2) is 0 Å². The first-order valence-electron chi connectivity index (χ1n) is 7.44. The smallest absolute Gasteiger partial charge is 0.258 e. The Kier molecular flexibility index (Phi) is 4.03. The first-order valence-corrected chi connectivity index (χ1v) is 7.44. The van der Waals surface area contributed by atoms with E-state index >= 15 is 0 Å². The lowest BCUT2D eigenvalue weighted by molar-refractivity contribution is 0.746. The van der Waals surface area contributed by atoms with Crippen molar-refractivity contribution in [3.8, 4) is 0 Å². The Hall–Kier alpha value is -1.57. The normalized spacial score (nSPS) is 15.0. The maximum Gasteiger partial charge on any atom is 0.258 e. The molecule has 0 saturated carbocycles. The second-order valence-corrected chi connectivity index (χ2v) is 6.40. The summed E-state index contributed by atoms with van der Waals surface area (Å²) in [6.07, 6.45) is 7.27. The van der Waals surface area contributed by atoms with Gasteiger partial charge in [0.2, 0.25) is 0 Å². The van der Waals surface area contributed by atoms with Crippen LogP contribution in [-0.2, 0) is 7.05 Å². The molecule has 0 spiro atoms. The van der Waals surface area contributed by atoms with Crippen molar-refractivity contribution in [2.45, 2.75) is 47.0 Å². The van der Waals surface area contributed by atoms with Crippen LogP contribution in [0.3, 0.4) is 0 Å². The van der Waals surface area contributed by atoms with E-state index in [1.807, 2.05) is 13.2 Å². The number of nitrogens with zero attached hydrogens (tertiary/aromatic N) is 1. The van der Waals surface area contributed by atoms with E-state index in [-0.39, 0.29) is 5.56 Å². The number of allylic oxidation sites excluding steroid dienone is 2. The van der Waals surface area contributed by atoms with Gasteiger partial charge in [-0.25, -0.2) is 0 Å². The summed E-state index contributed by atoms with van der Waals surface area (Å²) in [4.78, 5) is 12.5. The van der Waals surface area contributed by atoms with Crippen molar-refractivity contribution < 1.29 is 0 Å². The minimum Gasteiger partial charge on any atom is -0.318 e. The number of rotatable bonds is 2. The molecule has 1 heterocycles. The fraction of sp³-hybridized carbons (Fsp3) is 0.500. The Morgan fingerprint density at radius 2 is 1.75 bits per heavy atom. The fourth-order valence-corrected chi connectivity index (χ4v) is 3.00. The van der Waals surface area contributed by atoms with Crippen molar-refractivity contribution in [3.63, 3.8) is 0 Å². The zero-order valence-corrected chi connectivity index (χ0v) is 13.4. The maximum atomic E-state index is 12.5. The molecule has 1 aromatic heterocycles. The van der Waals surface area contributed by atoms with E-state index in [1.54, 1.807) is 4.57 Å². The predicted octanol–water partition coefficient (Wildman–Crippen LogP) is 2.45. The van der Waals surface area contributed by atoms with Crippen molar-refractivity contribution in [2.24, 2.45) is 13.0 Å². The summed E-state index contributed by atoms with van der Waals surface area (Å²) in [6.45, 7) is 10.9. The Morgan fingerprint density at radius 1 is 1.10 bits per heavy atom. The van der Waals surface area contributed by atoms with Gasteiger partial charge in [0.1, 0.15) is 0 Å². The van der Waals surface area contributed by atoms with Crippen LogP contribution in [0.25, 0.3) is 12.2 Å². The van der Waals surface area contributed by atoms with E-state index < -0.39 is 0 Å². The summed E-state index contributed by atoms with van der Waals surface area (Å²) < 4.78 is 1.71. The standard InChI is InChI=1S/C18H25NO/c1-11(2)14-7-8-15-16(9-13(14)5)18(20)19(6)10-17(15)12(3)4/h8-12H,7H2,1-6H3. The Morgan fingerprint density at radius 3 is 2.30 bits per heavy atom. The summed E-state index contributed by atoms with van der Waals surface area (Å²) in [5.41, 5.74) is 4.03. The molecule has 1 aliphatic carbocycles. The Balaban J connectivity index is 2.88. The molecule has 1 aromatic rings. The minimum atomic E-state index is 0.102. The molecule has 2 nitrogen and oxygen atoms in total. The summed E-state index contributed by atoms with van der Waals surface area (Å²) in [5.74, 6) is 0.935. The molecule has 1 aliphatic rings. The molecule has 0 fully saturated rings. The number of fused-ring (bicyclic) bond motifs is 1. The van der Waals surface area contributed by atoms with E-state index in [2.05, 4.69) is 46.8 Å². The van der Waals surface area contributed by atoms with Gasteiger partial charge < -0.3 is 4.57 Å². The highest BCUT2D eigenvalue weighted by Crippen LogP contribution is 2.21. The van der Waals surface area contributed by atoms with E-state index in [1.165, 1.54) is 16.7 Å². The molecule has 0 bridgehead atoms. The average molecular weight is 271 g/mol. The van der Waals surface area contributed by atoms with Crippen molar-refractivity contribution >= 4 is 12.2 Å². The summed E-state index contributed by atoms with van der Waals surface area (Å²) >= 11 is 0. The second-order valence-electron chi connectivity index (χ2n) is 6.40. The number of aromatic nitrogens is 1. The average Bonchev–Trinajstić information content (AvgIpc) is 2.52. The molecule has 0 unspecified atom stereocenters. The van der Waals surface area contributed by atoms with Crippen molar-refractivity contribution in [2.75, 3.05) is 0 Å². The van der Waals surface area contributed by atoms with Gasteiger partial charge in [-0.1, -0.05) is 44.9 Å². The van der Waals surface area contributed by atoms with Crippen molar-refractivity contribution in [1.82, 2.24) is 4.57 Å². The highest BCUT2D eigenvalue weighted by Gasteiger charge is 2.12. The summed E-state index contributed by atoms with van der Waals surface area (Å²) in [5, 5.41) is 1.99. The van der Waals surface area contributed by atoms with Crippen LogP contribution < -0.4 is 16.0 Å². The summed E-state index contributed by atoms with van der Waals surface area (Å²) in [7, 11) is 1.84. The highest BCUT2D eigenvalue weighted by molar-refractivity contribution is 5.54. The molecular weight excluding hydrogens is 246 g/mol. The monoisotopic (exact) mass is 271 g/mol. The van der Waals surface area contributed by atoms with Gasteiger partial charge in [0, 0.05) is 18.5 Å². The summed E-state index contributed by atoms with van der Waals surface area (Å²) in [6, 6.07) is 0. The molecule has 20 heavy (non-hydrogen) atoms. The van der Waals surface area contributed by atoms with Crippen LogP contribution in [0, 0.1) is 5.92 Å². The van der Waals surface area contributed by atoms with Crippen LogP contribution in [0.5, 0.6) is 0 Å². The zero-order valence-electron chi connectivity index (χ0n) is 13.4. The highest BCUT2D eigenvalue weighted by atomic mass is 16.1. The topological polar surface area (TPSA) is 22.0 Å². The van der Waals surface area contributed by atoms with E-state index in [4.69, 9.17) is 0 Å². The molecule has 0 amide bonds. The first kappa shape index (κ1) is 14.8. The van der Waals surface area contributed by atoms with E-state index in [0.29, 0.717) is 11.8 Å². The van der Waals surface area contributed by atoms with Crippen molar-refractivity contribution in [1.29, 1.82) is 0 Å². The Labute approximate surface area is 121 Å². The van der Waals surface area contributed by atoms with Crippen LogP contribution >= 0.6 is 0 Å². The van der Waals surface area contributed by atoms with Gasteiger partial charge in [-0.05, 0) is 42.0 Å². The lowest BCUT2D eigenvalue weighted by Gasteiger charge is -2.11. The molecular formula is C18H25NO. The number of aryl methyl sites for hydroxylation is 1. The lowest BCUT2D eigenvalue weighted by Crippen LogP contribution is -2.46. The molecule has 0 radical (unpaired) electrons. The van der Waals surface area contributed by atoms with Crippen LogP contribution in [0.2, 0.25) is 0 Å². The molecule has 0 atom stereocenters. The molecule has 0 N–H and O–H groups in total. The van der Waals surface area contributed by atoms with Crippen LogP contribution in [0.15, 0.2) is 22.1 Å². The molecule has 2 rings (SSSR count). The quantitative estimate of drug-likeness (QED) is 0.810. The fourth-order valence-electron chi connectivity index (χ4n) is 3.00. The van der Waals surface area contributed by atoms with Gasteiger partial charge >= 0.3 is 0 Å². The molecule has 2 heteroatoms. The van der Waals surface area contributed by atoms with Crippen LogP contribution in [-0.4, -0.2) is 4.57 Å². The van der Waals surface area contributed by atoms with Crippen LogP contribution in [0.1, 0.15) is 52.5 Å². The largest absolute Gasteiger partial charge is 0.318 e. The SMILES string of the molecule is CC1=C(C(C)C)CC=c2c(C(C)C)cn(C)c(=O)c2=C1. The van der Waals surface area contributed by atoms with Gasteiger partial charge in [-0.3, -0.25) is 4.79 Å². The third-order valence-corrected chi connectivity index (χ3v) is 4.20. The lowest BCUT2D eigenvalue weighted by atomic mass is 9.95. The van der Waals surface area contributed by atoms with Gasteiger partial charge in [0.05, 0.1) is 0 Å². The van der Waals surface area contributed by atoms with Crippen LogP contribution in [0.4, 0.5) is 0 Å². The third kappa shape index (κ3) is 2.52. The third-order valence-electron chi connectivity index (χ3n) is 4.20. The molecule has 108 valence electrons. The van der Waals surface area contributed by atoms with E-state index in [9.17, 15) is 4.79 Å². The number of hydrogen-bond acceptors (Lipinski definition) is 1. The van der Waals surface area contributed by atoms with Crippen molar-refractivity contribution in [3.05, 3.63) is 43.7 Å². The number of pyridine rings is 1. The molecule has 0 saturated heterocycles. The maximum absolute atomic E-state index is 12.5. The Bertz CT molecular complexity index is 730. The molecule has 0 aliphatic heterocycles. The van der Waals surface area contributed by atoms with Gasteiger partial charge in [0.25, 0.3) is 5.56 Å². The first-order chi connectivity index (χ1) is 9.32. The van der Waals surface area contributed by atoms with Gasteiger partial charge in [-0.2, -0.15) is 0 Å². The molecule has 0 aromatic carbocycles. The van der Waals surface area contributed by atoms with Gasteiger partial charge in [-0.15, -0.1) is 0 Å². The predicted molar refractivity (Wildman–Crippen MR) is 86.1 cm³/mol. The zero-order chi connectivity index (χ0) is 15.0. The second kappa shape index (κ2) is 5.43. The number of hydrogen-bond donors (Lipinski definition) is 0. The van der Waals surface area contributed by atoms with E-state index in [0.717, 1.165) is 16.9 Å².